The lowest BCUT2D eigenvalue weighted by Crippen LogP contribution is -2.67. The minimum atomic E-state index is -1.73. The van der Waals surface area contributed by atoms with Gasteiger partial charge in [-0.25, -0.2) is 4.79 Å². The van der Waals surface area contributed by atoms with Gasteiger partial charge >= 0.3 is 5.97 Å². The van der Waals surface area contributed by atoms with Gasteiger partial charge in [0.15, 0.2) is 23.9 Å². The van der Waals surface area contributed by atoms with E-state index in [9.17, 15) is 40.2 Å². The maximum Gasteiger partial charge on any atom is 0.356 e. The Morgan fingerprint density at radius 1 is 1.03 bits per heavy atom. The number of carbonyl (C=O) groups is 2. The van der Waals surface area contributed by atoms with E-state index in [4.69, 9.17) is 23.8 Å². The Labute approximate surface area is 224 Å². The Bertz CT molecular complexity index is 981. The molecule has 0 bridgehead atoms. The zero-order valence-corrected chi connectivity index (χ0v) is 21.7. The molecule has 2 aliphatic heterocycles. The summed E-state index contributed by atoms with van der Waals surface area (Å²) in [4.78, 5) is 29.6. The van der Waals surface area contributed by atoms with Gasteiger partial charge in [0.1, 0.15) is 36.6 Å². The minimum Gasteiger partial charge on any atom is -0.504 e. The van der Waals surface area contributed by atoms with Crippen molar-refractivity contribution in [3.8, 4) is 11.5 Å². The molecule has 3 rings (SSSR count). The molecular weight excluding hydrogens is 524 g/mol. The van der Waals surface area contributed by atoms with Crippen molar-refractivity contribution in [3.05, 3.63) is 23.8 Å². The van der Waals surface area contributed by atoms with Crippen LogP contribution in [0, 0.1) is 0 Å². The summed E-state index contributed by atoms with van der Waals surface area (Å²) >= 11 is 0. The molecule has 15 nitrogen and oxygen atoms in total. The Morgan fingerprint density at radius 2 is 1.74 bits per heavy atom. The third-order valence-corrected chi connectivity index (χ3v) is 6.59. The number of aliphatic hydroxyl groups excluding tert-OH is 4. The average Bonchev–Trinajstić information content (AvgIpc) is 2.89. The van der Waals surface area contributed by atoms with Crippen LogP contribution in [0.15, 0.2) is 18.2 Å². The van der Waals surface area contributed by atoms with Crippen molar-refractivity contribution in [2.75, 3.05) is 20.3 Å². The van der Waals surface area contributed by atoms with Crippen molar-refractivity contribution < 1.29 is 64.0 Å². The highest BCUT2D eigenvalue weighted by atomic mass is 16.7. The van der Waals surface area contributed by atoms with Crippen LogP contribution in [0.1, 0.15) is 19.4 Å². The van der Waals surface area contributed by atoms with Crippen molar-refractivity contribution in [3.63, 3.8) is 0 Å². The van der Waals surface area contributed by atoms with Gasteiger partial charge in [0.05, 0.1) is 18.8 Å². The van der Waals surface area contributed by atoms with Gasteiger partial charge < -0.3 is 59.7 Å². The van der Waals surface area contributed by atoms with E-state index in [0.29, 0.717) is 12.0 Å². The third kappa shape index (κ3) is 7.33. The summed E-state index contributed by atoms with van der Waals surface area (Å²) < 4.78 is 22.1. The maximum atomic E-state index is 12.8. The lowest BCUT2D eigenvalue weighted by atomic mass is 9.92. The fourth-order valence-corrected chi connectivity index (χ4v) is 4.54. The first-order chi connectivity index (χ1) is 18.5. The number of benzene rings is 1. The highest BCUT2D eigenvalue weighted by Crippen LogP contribution is 2.30. The second-order valence-corrected chi connectivity index (χ2v) is 9.37. The molecule has 1 amide bonds. The van der Waals surface area contributed by atoms with E-state index in [0.717, 1.165) is 0 Å². The first-order valence-electron chi connectivity index (χ1n) is 12.3. The smallest absolute Gasteiger partial charge is 0.356 e. The fourth-order valence-electron chi connectivity index (χ4n) is 4.54. The lowest BCUT2D eigenvalue weighted by molar-refractivity contribution is -0.328. The number of phenols is 2. The number of amides is 1. The molecular formula is C24H36N2O13. The predicted molar refractivity (Wildman–Crippen MR) is 129 cm³/mol. The SMILES string of the molecule is COC1C(C(=O)ONCCc2ccc(O)c(O)c2)OC(OC2C(O)C(CO)OC(C)C2NC(C)=O)C(O)C1O. The van der Waals surface area contributed by atoms with E-state index in [1.54, 1.807) is 13.0 Å². The molecule has 0 saturated carbocycles. The summed E-state index contributed by atoms with van der Waals surface area (Å²) in [6.45, 7) is 2.38. The van der Waals surface area contributed by atoms with E-state index in [2.05, 4.69) is 10.8 Å². The van der Waals surface area contributed by atoms with E-state index in [-0.39, 0.29) is 18.0 Å². The van der Waals surface area contributed by atoms with Crippen molar-refractivity contribution in [2.24, 2.45) is 0 Å². The molecule has 220 valence electrons. The average molecular weight is 561 g/mol. The number of aliphatic hydroxyl groups is 4. The third-order valence-electron chi connectivity index (χ3n) is 6.59. The molecule has 0 spiro atoms. The first-order valence-corrected chi connectivity index (χ1v) is 12.3. The minimum absolute atomic E-state index is 0.110. The van der Waals surface area contributed by atoms with Crippen LogP contribution >= 0.6 is 0 Å². The number of hydroxylamine groups is 1. The molecule has 39 heavy (non-hydrogen) atoms. The number of carbonyl (C=O) groups excluding carboxylic acids is 2. The number of phenolic OH excluding ortho intramolecular Hbond substituents is 2. The highest BCUT2D eigenvalue weighted by Gasteiger charge is 2.52. The number of methoxy groups -OCH3 is 1. The maximum absolute atomic E-state index is 12.8. The molecule has 10 atom stereocenters. The van der Waals surface area contributed by atoms with Gasteiger partial charge in [-0.3, -0.25) is 4.79 Å². The van der Waals surface area contributed by atoms with E-state index in [1.165, 1.54) is 26.2 Å². The monoisotopic (exact) mass is 560 g/mol. The molecule has 2 heterocycles. The molecule has 1 aromatic rings. The second kappa shape index (κ2) is 13.6. The molecule has 8 N–H and O–H groups in total. The Hall–Kier alpha value is -2.60. The quantitative estimate of drug-likeness (QED) is 0.0821. The van der Waals surface area contributed by atoms with Gasteiger partial charge in [0, 0.05) is 20.6 Å². The zero-order valence-electron chi connectivity index (χ0n) is 21.7. The van der Waals surface area contributed by atoms with Gasteiger partial charge in [-0.2, -0.15) is 5.48 Å². The number of hydrogen-bond acceptors (Lipinski definition) is 14. The summed E-state index contributed by atoms with van der Waals surface area (Å²) in [6, 6.07) is 3.31. The van der Waals surface area contributed by atoms with Crippen molar-refractivity contribution in [1.82, 2.24) is 10.8 Å². The molecule has 1 aromatic carbocycles. The van der Waals surface area contributed by atoms with Gasteiger partial charge in [-0.1, -0.05) is 6.07 Å². The number of nitrogens with one attached hydrogen (secondary N) is 2. The first kappa shape index (κ1) is 30.9. The van der Waals surface area contributed by atoms with Gasteiger partial charge in [-0.15, -0.1) is 0 Å². The van der Waals surface area contributed by atoms with Crippen LogP contribution in [0.5, 0.6) is 11.5 Å². The normalized spacial score (nSPS) is 34.8. The Morgan fingerprint density at radius 3 is 2.36 bits per heavy atom. The van der Waals surface area contributed by atoms with E-state index in [1.807, 2.05) is 0 Å². The second-order valence-electron chi connectivity index (χ2n) is 9.37. The number of hydrogen-bond donors (Lipinski definition) is 8. The van der Waals surface area contributed by atoms with Gasteiger partial charge in [0.2, 0.25) is 5.91 Å². The lowest BCUT2D eigenvalue weighted by Gasteiger charge is -2.47. The van der Waals surface area contributed by atoms with Crippen LogP contribution in [0.3, 0.4) is 0 Å². The van der Waals surface area contributed by atoms with Crippen molar-refractivity contribution in [2.45, 2.75) is 81.4 Å². The fraction of sp³-hybridized carbons (Fsp3) is 0.667. The molecule has 2 aliphatic rings. The summed E-state index contributed by atoms with van der Waals surface area (Å²) in [5.41, 5.74) is 3.08. The molecule has 0 radical (unpaired) electrons. The van der Waals surface area contributed by atoms with Gasteiger partial charge in [-0.05, 0) is 31.0 Å². The van der Waals surface area contributed by atoms with E-state index >= 15 is 0 Å². The summed E-state index contributed by atoms with van der Waals surface area (Å²) in [7, 11) is 1.19. The van der Waals surface area contributed by atoms with Crippen molar-refractivity contribution >= 4 is 11.9 Å². The molecule has 2 saturated heterocycles. The standard InChI is InChI=1S/C24H36N2O13/c1-10-16(26-11(2)28)20(17(31)15(9-27)36-10)37-24-19(33)18(32)21(35-3)22(38-24)23(34)39-25-7-6-12-4-5-13(29)14(30)8-12/h4-5,8,10,15-22,24-25,27,29-33H,6-7,9H2,1-3H3,(H,26,28). The van der Waals surface area contributed by atoms with Crippen LogP contribution in [0.25, 0.3) is 0 Å². The molecule has 0 aliphatic carbocycles. The number of aromatic hydroxyl groups is 2. The van der Waals surface area contributed by atoms with Crippen LogP contribution in [-0.2, 0) is 39.8 Å². The Balaban J connectivity index is 1.68. The van der Waals surface area contributed by atoms with Crippen LogP contribution in [0.4, 0.5) is 0 Å². The summed E-state index contributed by atoms with van der Waals surface area (Å²) in [6.07, 6.45) is -12.2. The van der Waals surface area contributed by atoms with Crippen LogP contribution < -0.4 is 10.8 Å². The summed E-state index contributed by atoms with van der Waals surface area (Å²) in [5.74, 6) is -2.04. The topological polar surface area (TPSA) is 226 Å². The predicted octanol–water partition coefficient (Wildman–Crippen LogP) is -2.82. The Kier molecular flexibility index (Phi) is 10.8. The number of ether oxygens (including phenoxy) is 4. The number of rotatable bonds is 10. The molecule has 10 unspecified atom stereocenters. The highest BCUT2D eigenvalue weighted by molar-refractivity contribution is 5.75. The molecule has 0 aromatic heterocycles. The van der Waals surface area contributed by atoms with Crippen molar-refractivity contribution in [1.29, 1.82) is 0 Å². The van der Waals surface area contributed by atoms with E-state index < -0.39 is 79.6 Å². The van der Waals surface area contributed by atoms with Crippen LogP contribution in [0.2, 0.25) is 0 Å². The molecule has 2 fully saturated rings. The van der Waals surface area contributed by atoms with Crippen LogP contribution in [-0.4, -0.2) is 124 Å². The zero-order chi connectivity index (χ0) is 28.9. The van der Waals surface area contributed by atoms with Gasteiger partial charge in [0.25, 0.3) is 0 Å². The summed E-state index contributed by atoms with van der Waals surface area (Å²) in [5, 5.41) is 63.2. The largest absolute Gasteiger partial charge is 0.504 e. The molecule has 15 heteroatoms.